The number of rotatable bonds is 9. The lowest BCUT2D eigenvalue weighted by atomic mass is 10.1. The van der Waals surface area contributed by atoms with Crippen molar-refractivity contribution < 1.29 is 13.6 Å². The first-order chi connectivity index (χ1) is 17.2. The van der Waals surface area contributed by atoms with Crippen LogP contribution in [0.15, 0.2) is 59.9 Å². The molecule has 3 heterocycles. The van der Waals surface area contributed by atoms with Crippen LogP contribution in [0.25, 0.3) is 5.69 Å². The summed E-state index contributed by atoms with van der Waals surface area (Å²) in [5, 5.41) is 16.3. The molecule has 0 bridgehead atoms. The van der Waals surface area contributed by atoms with Gasteiger partial charge in [-0.05, 0) is 46.3 Å². The minimum atomic E-state index is -3.37. The maximum absolute atomic E-state index is 14.4. The average molecular weight is 536 g/mol. The molecule has 0 atom stereocenters. The van der Waals surface area contributed by atoms with E-state index in [1.165, 1.54) is 35.4 Å². The number of alkyl halides is 2. The summed E-state index contributed by atoms with van der Waals surface area (Å²) in [7, 11) is 0. The molecule has 0 spiro atoms. The number of benzene rings is 1. The van der Waals surface area contributed by atoms with E-state index in [1.807, 2.05) is 0 Å². The van der Waals surface area contributed by atoms with Gasteiger partial charge in [-0.2, -0.15) is 8.78 Å². The molecule has 11 nitrogen and oxygen atoms in total. The fraction of sp³-hybridized carbons (Fsp3) is 0.190. The van der Waals surface area contributed by atoms with Gasteiger partial charge >= 0.3 is 5.92 Å². The highest BCUT2D eigenvalue weighted by atomic mass is 35.5. The van der Waals surface area contributed by atoms with E-state index in [9.17, 15) is 18.4 Å². The summed E-state index contributed by atoms with van der Waals surface area (Å²) in [5.74, 6) is -4.33. The van der Waals surface area contributed by atoms with Crippen LogP contribution < -0.4 is 16.2 Å². The Bertz CT molecular complexity index is 1420. The molecular formula is C21H17Cl2F2N9O2. The monoisotopic (exact) mass is 535 g/mol. The zero-order chi connectivity index (χ0) is 25.7. The van der Waals surface area contributed by atoms with E-state index in [0.29, 0.717) is 16.3 Å². The number of carbonyl (C=O) groups is 1. The van der Waals surface area contributed by atoms with E-state index < -0.39 is 42.0 Å². The molecule has 186 valence electrons. The highest BCUT2D eigenvalue weighted by molar-refractivity contribution is 6.30. The highest BCUT2D eigenvalue weighted by Crippen LogP contribution is 2.25. The van der Waals surface area contributed by atoms with Crippen molar-refractivity contribution >= 4 is 34.9 Å². The van der Waals surface area contributed by atoms with Gasteiger partial charge in [0.25, 0.3) is 5.56 Å². The quantitative estimate of drug-likeness (QED) is 0.334. The van der Waals surface area contributed by atoms with Crippen LogP contribution in [0.3, 0.4) is 0 Å². The van der Waals surface area contributed by atoms with E-state index in [0.717, 1.165) is 10.8 Å². The number of nitrogens with zero attached hydrogens (tertiary/aromatic N) is 7. The Kier molecular flexibility index (Phi) is 7.50. The van der Waals surface area contributed by atoms with Crippen molar-refractivity contribution in [1.29, 1.82) is 0 Å². The van der Waals surface area contributed by atoms with E-state index in [-0.39, 0.29) is 11.7 Å². The van der Waals surface area contributed by atoms with Gasteiger partial charge in [0.05, 0.1) is 18.4 Å². The third kappa shape index (κ3) is 5.80. The van der Waals surface area contributed by atoms with Gasteiger partial charge in [0.15, 0.2) is 5.82 Å². The first kappa shape index (κ1) is 25.1. The molecule has 0 fully saturated rings. The Morgan fingerprint density at radius 2 is 1.97 bits per heavy atom. The number of hydrogen-bond donors (Lipinski definition) is 2. The number of anilines is 1. The summed E-state index contributed by atoms with van der Waals surface area (Å²) in [4.78, 5) is 32.8. The summed E-state index contributed by atoms with van der Waals surface area (Å²) in [5.41, 5.74) is -0.112. The molecule has 0 saturated heterocycles. The number of pyridine rings is 1. The van der Waals surface area contributed by atoms with Crippen LogP contribution in [-0.4, -0.2) is 47.2 Å². The van der Waals surface area contributed by atoms with Crippen molar-refractivity contribution in [3.63, 3.8) is 0 Å². The third-order valence-electron chi connectivity index (χ3n) is 4.94. The lowest BCUT2D eigenvalue weighted by Crippen LogP contribution is -2.35. The SMILES string of the molecule is O=C(Cn1c(Cl)cnc(NCC(F)(F)c2ccccn2)c1=O)NCc1cc(Cl)ccc1-n1cnnn1. The van der Waals surface area contributed by atoms with Crippen molar-refractivity contribution in [2.45, 2.75) is 19.0 Å². The van der Waals surface area contributed by atoms with Crippen LogP contribution in [0.5, 0.6) is 0 Å². The highest BCUT2D eigenvalue weighted by Gasteiger charge is 2.33. The predicted octanol–water partition coefficient (Wildman–Crippen LogP) is 2.44. The number of amides is 1. The fourth-order valence-electron chi connectivity index (χ4n) is 3.18. The molecule has 4 aromatic rings. The molecule has 3 aromatic heterocycles. The zero-order valence-corrected chi connectivity index (χ0v) is 19.8. The van der Waals surface area contributed by atoms with Gasteiger partial charge in [0, 0.05) is 17.8 Å². The Morgan fingerprint density at radius 3 is 2.69 bits per heavy atom. The number of nitrogens with one attached hydrogen (secondary N) is 2. The predicted molar refractivity (Wildman–Crippen MR) is 126 cm³/mol. The smallest absolute Gasteiger partial charge is 0.306 e. The van der Waals surface area contributed by atoms with E-state index >= 15 is 0 Å². The molecule has 0 saturated carbocycles. The van der Waals surface area contributed by atoms with Crippen LogP contribution in [-0.2, 0) is 23.8 Å². The van der Waals surface area contributed by atoms with Gasteiger partial charge in [-0.15, -0.1) is 5.10 Å². The van der Waals surface area contributed by atoms with Crippen LogP contribution in [0.1, 0.15) is 11.3 Å². The third-order valence-corrected chi connectivity index (χ3v) is 5.48. The molecule has 0 aliphatic heterocycles. The first-order valence-electron chi connectivity index (χ1n) is 10.3. The Morgan fingerprint density at radius 1 is 1.14 bits per heavy atom. The van der Waals surface area contributed by atoms with Crippen molar-refractivity contribution in [1.82, 2.24) is 40.1 Å². The molecule has 0 aliphatic rings. The standard InChI is InChI=1S/C21H17Cl2F2N9O2/c22-14-4-5-15(34-12-30-31-32-34)13(7-14)8-27-18(35)10-33-17(23)9-28-19(20(33)36)29-11-21(24,25)16-3-1-2-6-26-16/h1-7,9,12H,8,10-11H2,(H,27,35)(H,28,29). The van der Waals surface area contributed by atoms with Crippen LogP contribution in [0.2, 0.25) is 10.2 Å². The molecular weight excluding hydrogens is 519 g/mol. The largest absolute Gasteiger partial charge is 0.359 e. The molecule has 0 radical (unpaired) electrons. The van der Waals surface area contributed by atoms with Crippen LogP contribution >= 0.6 is 23.2 Å². The number of carbonyl (C=O) groups excluding carboxylic acids is 1. The second kappa shape index (κ2) is 10.7. The fourth-order valence-corrected chi connectivity index (χ4v) is 3.56. The lowest BCUT2D eigenvalue weighted by molar-refractivity contribution is -0.121. The topological polar surface area (TPSA) is 133 Å². The van der Waals surface area contributed by atoms with Gasteiger partial charge in [0.2, 0.25) is 5.91 Å². The lowest BCUT2D eigenvalue weighted by Gasteiger charge is -2.17. The second-order valence-corrected chi connectivity index (χ2v) is 8.22. The number of aromatic nitrogens is 7. The zero-order valence-electron chi connectivity index (χ0n) is 18.3. The van der Waals surface area contributed by atoms with E-state index in [2.05, 4.69) is 36.1 Å². The number of halogens is 4. The van der Waals surface area contributed by atoms with E-state index in [4.69, 9.17) is 23.2 Å². The van der Waals surface area contributed by atoms with Gasteiger partial charge in [-0.1, -0.05) is 29.3 Å². The van der Waals surface area contributed by atoms with Crippen molar-refractivity contribution in [2.75, 3.05) is 11.9 Å². The second-order valence-electron chi connectivity index (χ2n) is 7.40. The van der Waals surface area contributed by atoms with Gasteiger partial charge in [-0.25, -0.2) is 9.67 Å². The molecule has 36 heavy (non-hydrogen) atoms. The maximum Gasteiger partial charge on any atom is 0.306 e. The summed E-state index contributed by atoms with van der Waals surface area (Å²) >= 11 is 12.1. The Hall–Kier alpha value is -3.97. The van der Waals surface area contributed by atoms with Crippen LogP contribution in [0, 0.1) is 0 Å². The van der Waals surface area contributed by atoms with Gasteiger partial charge in [-0.3, -0.25) is 19.1 Å². The first-order valence-corrected chi connectivity index (χ1v) is 11.1. The molecule has 2 N–H and O–H groups in total. The Balaban J connectivity index is 1.45. The summed E-state index contributed by atoms with van der Waals surface area (Å²) in [6, 6.07) is 9.07. The molecule has 1 aromatic carbocycles. The maximum atomic E-state index is 14.4. The van der Waals surface area contributed by atoms with Crippen LogP contribution in [0.4, 0.5) is 14.6 Å². The minimum Gasteiger partial charge on any atom is -0.359 e. The number of tetrazole rings is 1. The number of hydrogen-bond acceptors (Lipinski definition) is 8. The summed E-state index contributed by atoms with van der Waals surface area (Å²) in [6.07, 6.45) is 3.71. The molecule has 0 unspecified atom stereocenters. The van der Waals surface area contributed by atoms with Crippen molar-refractivity contribution in [2.24, 2.45) is 0 Å². The van der Waals surface area contributed by atoms with E-state index in [1.54, 1.807) is 18.2 Å². The average Bonchev–Trinajstić information content (AvgIpc) is 3.40. The minimum absolute atomic E-state index is 0.0352. The molecule has 0 aliphatic carbocycles. The normalized spacial score (nSPS) is 11.3. The van der Waals surface area contributed by atoms with Crippen molar-refractivity contribution in [3.05, 3.63) is 86.9 Å². The van der Waals surface area contributed by atoms with Gasteiger partial charge in [0.1, 0.15) is 23.7 Å². The Labute approximate surface area is 212 Å². The van der Waals surface area contributed by atoms with Gasteiger partial charge < -0.3 is 10.6 Å². The van der Waals surface area contributed by atoms with Crippen molar-refractivity contribution in [3.8, 4) is 5.69 Å². The molecule has 15 heteroatoms. The summed E-state index contributed by atoms with van der Waals surface area (Å²) in [6.45, 7) is -1.38. The molecule has 1 amide bonds. The summed E-state index contributed by atoms with van der Waals surface area (Å²) < 4.78 is 31.1. The molecule has 4 rings (SSSR count).